The molecule has 10 rings (SSSR count). The maximum atomic E-state index is 15.0. The van der Waals surface area contributed by atoms with Gasteiger partial charge in [0.15, 0.2) is 37.2 Å². The number of hydrogen-bond donors (Lipinski definition) is 0. The SMILES string of the molecule is COC(=O)[C@H]1O[C@@H](O[C@H]2[C@H](OCc3ccccc3)[C@H](OCc3ccccc3)[C@H](O[C@H]3[C@H](OCc4ccccc4)[C@H](OCc4ccccc4)[C@H](OCCCN=[N+]=[N-])O[C@@H]3C(=O)OC)O[C@@H]2C(=O)OC)[C@@H](OCc2ccccc2)[C@@H](OCc2ccccc2)[C@@H]1OCc1ccccc1. The molecule has 500 valence electrons. The molecule has 0 unspecified atom stereocenters. The van der Waals surface area contributed by atoms with Crippen LogP contribution in [0.2, 0.25) is 0 Å². The number of esters is 3. The molecule has 22 heteroatoms. The molecular weight excluding hydrogens is 1220 g/mol. The summed E-state index contributed by atoms with van der Waals surface area (Å²) in [6.45, 7) is -0.0724. The molecule has 3 heterocycles. The predicted molar refractivity (Wildman–Crippen MR) is 341 cm³/mol. The van der Waals surface area contributed by atoms with Crippen molar-refractivity contribution in [2.45, 2.75) is 145 Å². The first kappa shape index (κ1) is 69.6. The molecule has 0 amide bonds. The van der Waals surface area contributed by atoms with Crippen LogP contribution in [0.3, 0.4) is 0 Å². The van der Waals surface area contributed by atoms with Gasteiger partial charge < -0.3 is 75.8 Å². The Balaban J connectivity index is 1.09. The van der Waals surface area contributed by atoms with Crippen LogP contribution in [0.5, 0.6) is 0 Å². The highest BCUT2D eigenvalue weighted by molar-refractivity contribution is 5.77. The zero-order chi connectivity index (χ0) is 66.0. The van der Waals surface area contributed by atoms with Gasteiger partial charge in [-0.2, -0.15) is 0 Å². The minimum absolute atomic E-state index is 0.00791. The van der Waals surface area contributed by atoms with Crippen molar-refractivity contribution >= 4 is 17.9 Å². The molecule has 22 nitrogen and oxygen atoms in total. The Morgan fingerprint density at radius 2 is 0.579 bits per heavy atom. The lowest BCUT2D eigenvalue weighted by molar-refractivity contribution is -0.385. The highest BCUT2D eigenvalue weighted by Gasteiger charge is 2.60. The molecule has 3 saturated heterocycles. The van der Waals surface area contributed by atoms with Crippen molar-refractivity contribution in [2.75, 3.05) is 34.5 Å². The van der Waals surface area contributed by atoms with Crippen LogP contribution >= 0.6 is 0 Å². The molecule has 0 bridgehead atoms. The van der Waals surface area contributed by atoms with Crippen molar-refractivity contribution in [2.24, 2.45) is 5.11 Å². The topological polar surface area (TPSA) is 248 Å². The van der Waals surface area contributed by atoms with Crippen LogP contribution < -0.4 is 0 Å². The second kappa shape index (κ2) is 36.6. The van der Waals surface area contributed by atoms with Crippen LogP contribution in [-0.2, 0) is 136 Å². The molecule has 15 atom stereocenters. The highest BCUT2D eigenvalue weighted by atomic mass is 16.8. The van der Waals surface area contributed by atoms with E-state index in [4.69, 9.17) is 81.3 Å². The molecule has 7 aromatic rings. The largest absolute Gasteiger partial charge is 0.467 e. The summed E-state index contributed by atoms with van der Waals surface area (Å²) in [6, 6.07) is 65.6. The van der Waals surface area contributed by atoms with Gasteiger partial charge >= 0.3 is 17.9 Å². The molecule has 0 N–H and O–H groups in total. The van der Waals surface area contributed by atoms with Crippen molar-refractivity contribution < 1.29 is 90.2 Å². The van der Waals surface area contributed by atoms with Crippen molar-refractivity contribution in [3.63, 3.8) is 0 Å². The predicted octanol–water partition coefficient (Wildman–Crippen LogP) is 10.3. The van der Waals surface area contributed by atoms with E-state index in [1.54, 1.807) is 0 Å². The quantitative estimate of drug-likeness (QED) is 0.00926. The smallest absolute Gasteiger partial charge is 0.337 e. The van der Waals surface area contributed by atoms with Crippen molar-refractivity contribution in [3.05, 3.63) is 262 Å². The fourth-order valence-electron chi connectivity index (χ4n) is 11.3. The average Bonchev–Trinajstić information content (AvgIpc) is 0.766. The van der Waals surface area contributed by atoms with Crippen LogP contribution in [0.1, 0.15) is 45.4 Å². The molecule has 0 spiro atoms. The summed E-state index contributed by atoms with van der Waals surface area (Å²) in [4.78, 5) is 46.9. The van der Waals surface area contributed by atoms with E-state index in [1.807, 2.05) is 212 Å². The van der Waals surface area contributed by atoms with Crippen molar-refractivity contribution in [1.29, 1.82) is 0 Å². The van der Waals surface area contributed by atoms with Gasteiger partial charge in [-0.15, -0.1) is 0 Å². The van der Waals surface area contributed by atoms with Gasteiger partial charge in [0.25, 0.3) is 0 Å². The second-order valence-corrected chi connectivity index (χ2v) is 22.6. The van der Waals surface area contributed by atoms with Crippen LogP contribution in [0.25, 0.3) is 10.4 Å². The molecule has 3 aliphatic rings. The van der Waals surface area contributed by atoms with Gasteiger partial charge in [0.1, 0.15) is 54.9 Å². The van der Waals surface area contributed by atoms with Crippen LogP contribution in [-0.4, -0.2) is 145 Å². The van der Waals surface area contributed by atoms with E-state index in [0.29, 0.717) is 5.56 Å². The number of rotatable bonds is 33. The lowest BCUT2D eigenvalue weighted by atomic mass is 9.94. The Bertz CT molecular complexity index is 3440. The summed E-state index contributed by atoms with van der Waals surface area (Å²) in [5, 5.41) is 3.67. The highest BCUT2D eigenvalue weighted by Crippen LogP contribution is 2.40. The molecule has 0 aliphatic carbocycles. The lowest BCUT2D eigenvalue weighted by Crippen LogP contribution is -2.69. The molecule has 7 aromatic carbocycles. The van der Waals surface area contributed by atoms with Gasteiger partial charge in [0.05, 0.1) is 67.6 Å². The number of azide groups is 1. The van der Waals surface area contributed by atoms with E-state index in [0.717, 1.165) is 33.4 Å². The van der Waals surface area contributed by atoms with E-state index in [-0.39, 0.29) is 65.8 Å². The van der Waals surface area contributed by atoms with E-state index in [9.17, 15) is 9.59 Å². The lowest BCUT2D eigenvalue weighted by Gasteiger charge is -2.50. The maximum Gasteiger partial charge on any atom is 0.337 e. The molecule has 3 fully saturated rings. The third kappa shape index (κ3) is 19.5. The normalized spacial score (nSPS) is 25.7. The van der Waals surface area contributed by atoms with E-state index in [1.165, 1.54) is 21.3 Å². The first-order valence-corrected chi connectivity index (χ1v) is 31.4. The number of benzene rings is 7. The minimum atomic E-state index is -1.80. The van der Waals surface area contributed by atoms with Gasteiger partial charge in [-0.05, 0) is 50.9 Å². The number of ether oxygens (including phenoxy) is 16. The van der Waals surface area contributed by atoms with Crippen LogP contribution in [0.4, 0.5) is 0 Å². The van der Waals surface area contributed by atoms with Gasteiger partial charge in [-0.25, -0.2) is 14.4 Å². The number of methoxy groups -OCH3 is 3. The first-order valence-electron chi connectivity index (χ1n) is 31.4. The van der Waals surface area contributed by atoms with Gasteiger partial charge in [0.2, 0.25) is 0 Å². The summed E-state index contributed by atoms with van der Waals surface area (Å²) in [5.74, 6) is -2.67. The van der Waals surface area contributed by atoms with E-state index < -0.39 is 110 Å². The second-order valence-electron chi connectivity index (χ2n) is 22.6. The molecule has 0 aromatic heterocycles. The fraction of sp³-hybridized carbons (Fsp3) is 0.384. The zero-order valence-corrected chi connectivity index (χ0v) is 53.0. The van der Waals surface area contributed by atoms with Crippen molar-refractivity contribution in [3.8, 4) is 0 Å². The van der Waals surface area contributed by atoms with Gasteiger partial charge in [0, 0.05) is 18.1 Å². The molecule has 95 heavy (non-hydrogen) atoms. The average molecular weight is 1300 g/mol. The minimum Gasteiger partial charge on any atom is -0.467 e. The number of hydrogen-bond acceptors (Lipinski definition) is 20. The number of nitrogens with zero attached hydrogens (tertiary/aromatic N) is 3. The summed E-state index contributed by atoms with van der Waals surface area (Å²) in [7, 11) is 3.62. The Morgan fingerprint density at radius 1 is 0.337 bits per heavy atom. The summed E-state index contributed by atoms with van der Waals surface area (Å²) >= 11 is 0. The number of carbonyl (C=O) groups is 3. The standard InChI is InChI=1S/C73H79N3O19/c1-80-68(77)62-56(84-42-49-26-11-4-12-27-49)57(85-43-50-28-13-5-14-29-50)66(89-47-54-36-21-9-22-37-54)72(94-62)92-61-59(87-45-52-32-17-7-18-33-52)67(90-48-55-38-23-10-24-39-55)73(95-64(61)70(79)82-3)91-60-58(86-44-51-30-15-6-16-31-51)65(88-46-53-34-19-8-20-35-53)71(83-41-25-40-75-76-74)93-63(60)69(78)81-2/h4-24,26-39,56-67,71-73H,25,40-48H2,1-3H3/t56-,57-,58-,59-,60-,61-,62-,63-,64-,65-,66-,67-,71+,72+,73+/m0/s1. The molecule has 0 radical (unpaired) electrons. The van der Waals surface area contributed by atoms with Crippen LogP contribution in [0, 0.1) is 0 Å². The van der Waals surface area contributed by atoms with Gasteiger partial charge in [-0.3, -0.25) is 0 Å². The molecule has 0 saturated carbocycles. The number of carbonyl (C=O) groups excluding carboxylic acids is 3. The molecule has 3 aliphatic heterocycles. The van der Waals surface area contributed by atoms with Gasteiger partial charge in [-0.1, -0.05) is 217 Å². The van der Waals surface area contributed by atoms with E-state index in [2.05, 4.69) is 10.0 Å². The maximum absolute atomic E-state index is 15.0. The summed E-state index contributed by atoms with van der Waals surface area (Å²) in [6.07, 6.45) is -21.4. The van der Waals surface area contributed by atoms with Crippen molar-refractivity contribution in [1.82, 2.24) is 0 Å². The fourth-order valence-corrected chi connectivity index (χ4v) is 11.3. The Morgan fingerprint density at radius 3 is 0.863 bits per heavy atom. The third-order valence-corrected chi connectivity index (χ3v) is 16.1. The van der Waals surface area contributed by atoms with E-state index >= 15 is 4.79 Å². The summed E-state index contributed by atoms with van der Waals surface area (Å²) in [5.41, 5.74) is 14.4. The Labute approximate surface area is 552 Å². The first-order chi connectivity index (χ1) is 46.7. The summed E-state index contributed by atoms with van der Waals surface area (Å²) < 4.78 is 107. The zero-order valence-electron chi connectivity index (χ0n) is 53.0. The third-order valence-electron chi connectivity index (χ3n) is 16.1. The Kier molecular flexibility index (Phi) is 26.8. The monoisotopic (exact) mass is 1300 g/mol. The Hall–Kier alpha value is -8.26. The van der Waals surface area contributed by atoms with Crippen LogP contribution in [0.15, 0.2) is 217 Å². The molecular formula is C73H79N3O19.